The van der Waals surface area contributed by atoms with Crippen LogP contribution in [-0.2, 0) is 4.79 Å². The number of likely N-dealkylation sites (tertiary alicyclic amines) is 1. The van der Waals surface area contributed by atoms with Crippen molar-refractivity contribution in [3.8, 4) is 10.4 Å². The second-order valence-electron chi connectivity index (χ2n) is 6.64. The summed E-state index contributed by atoms with van der Waals surface area (Å²) in [6, 6.07) is 7.99. The highest BCUT2D eigenvalue weighted by atomic mass is 32.1. The second-order valence-corrected chi connectivity index (χ2v) is 7.67. The van der Waals surface area contributed by atoms with Gasteiger partial charge in [0.15, 0.2) is 5.13 Å². The number of piperidine rings is 1. The lowest BCUT2D eigenvalue weighted by Crippen LogP contribution is -2.47. The molecule has 0 radical (unpaired) electrons. The topological polar surface area (TPSA) is 65.5 Å². The third-order valence-corrected chi connectivity index (χ3v) is 5.87. The maximum Gasteiger partial charge on any atom is 0.323 e. The molecule has 0 bridgehead atoms. The Hall–Kier alpha value is -2.67. The molecular weight excluding hydrogens is 360 g/mol. The van der Waals surface area contributed by atoms with Gasteiger partial charge in [-0.2, -0.15) is 0 Å². The van der Waals surface area contributed by atoms with Gasteiger partial charge in [-0.3, -0.25) is 10.1 Å². The van der Waals surface area contributed by atoms with Gasteiger partial charge in [-0.25, -0.2) is 9.78 Å². The molecular formula is C20H24N4O2S. The number of amides is 3. The van der Waals surface area contributed by atoms with Gasteiger partial charge in [0.1, 0.15) is 0 Å². The largest absolute Gasteiger partial charge is 0.343 e. The Labute approximate surface area is 163 Å². The van der Waals surface area contributed by atoms with Crippen LogP contribution in [0.1, 0.15) is 25.3 Å². The monoisotopic (exact) mass is 384 g/mol. The van der Waals surface area contributed by atoms with E-state index in [4.69, 9.17) is 0 Å². The van der Waals surface area contributed by atoms with Crippen molar-refractivity contribution in [3.05, 3.63) is 42.6 Å². The van der Waals surface area contributed by atoms with Crippen molar-refractivity contribution in [2.75, 3.05) is 25.5 Å². The maximum absolute atomic E-state index is 12.6. The number of carbonyl (C=O) groups is 2. The molecule has 1 aliphatic heterocycles. The molecule has 7 heteroatoms. The van der Waals surface area contributed by atoms with Crippen molar-refractivity contribution in [2.45, 2.75) is 25.8 Å². The van der Waals surface area contributed by atoms with E-state index < -0.39 is 0 Å². The summed E-state index contributed by atoms with van der Waals surface area (Å²) in [7, 11) is 1.80. The molecule has 1 N–H and O–H groups in total. The van der Waals surface area contributed by atoms with E-state index in [2.05, 4.69) is 16.9 Å². The Morgan fingerprint density at radius 1 is 1.37 bits per heavy atom. The Kier molecular flexibility index (Phi) is 5.91. The van der Waals surface area contributed by atoms with Crippen molar-refractivity contribution in [1.29, 1.82) is 0 Å². The Morgan fingerprint density at radius 3 is 2.78 bits per heavy atom. The highest BCUT2D eigenvalue weighted by Gasteiger charge is 2.26. The molecule has 0 unspecified atom stereocenters. The van der Waals surface area contributed by atoms with Crippen LogP contribution in [0.3, 0.4) is 0 Å². The molecule has 2 aromatic rings. The molecule has 0 saturated carbocycles. The van der Waals surface area contributed by atoms with E-state index in [1.807, 2.05) is 29.2 Å². The number of benzene rings is 1. The van der Waals surface area contributed by atoms with Gasteiger partial charge in [0.05, 0.1) is 4.88 Å². The van der Waals surface area contributed by atoms with Crippen LogP contribution < -0.4 is 5.32 Å². The van der Waals surface area contributed by atoms with Crippen molar-refractivity contribution >= 4 is 34.5 Å². The van der Waals surface area contributed by atoms with E-state index in [-0.39, 0.29) is 18.0 Å². The fraction of sp³-hybridized carbons (Fsp3) is 0.350. The highest BCUT2D eigenvalue weighted by Crippen LogP contribution is 2.30. The maximum atomic E-state index is 12.6. The van der Waals surface area contributed by atoms with Crippen LogP contribution in [0, 0.1) is 0 Å². The zero-order chi connectivity index (χ0) is 19.4. The van der Waals surface area contributed by atoms with Crippen LogP contribution in [0.2, 0.25) is 0 Å². The summed E-state index contributed by atoms with van der Waals surface area (Å²) in [6.45, 7) is 6.76. The highest BCUT2D eigenvalue weighted by molar-refractivity contribution is 7.19. The van der Waals surface area contributed by atoms with Crippen LogP contribution in [-0.4, -0.2) is 52.9 Å². The molecule has 0 spiro atoms. The van der Waals surface area contributed by atoms with E-state index in [1.165, 1.54) is 11.3 Å². The van der Waals surface area contributed by atoms with Gasteiger partial charge in [0.2, 0.25) is 5.91 Å². The van der Waals surface area contributed by atoms with Crippen molar-refractivity contribution < 1.29 is 9.59 Å². The molecule has 3 rings (SSSR count). The first kappa shape index (κ1) is 19.1. The molecule has 1 saturated heterocycles. The van der Waals surface area contributed by atoms with Crippen molar-refractivity contribution in [2.24, 2.45) is 0 Å². The predicted molar refractivity (Wildman–Crippen MR) is 110 cm³/mol. The van der Waals surface area contributed by atoms with E-state index in [9.17, 15) is 9.59 Å². The molecule has 0 aliphatic carbocycles. The van der Waals surface area contributed by atoms with E-state index in [1.54, 1.807) is 31.1 Å². The first-order valence-corrected chi connectivity index (χ1v) is 9.77. The van der Waals surface area contributed by atoms with Crippen LogP contribution in [0.5, 0.6) is 0 Å². The third kappa shape index (κ3) is 4.54. The normalized spacial score (nSPS) is 14.7. The molecule has 1 fully saturated rings. The first-order chi connectivity index (χ1) is 13.0. The van der Waals surface area contributed by atoms with Crippen LogP contribution in [0.15, 0.2) is 37.0 Å². The van der Waals surface area contributed by atoms with Crippen LogP contribution >= 0.6 is 11.3 Å². The predicted octanol–water partition coefficient (Wildman–Crippen LogP) is 3.93. The Bertz CT molecular complexity index is 840. The van der Waals surface area contributed by atoms with Gasteiger partial charge in [0.25, 0.3) is 0 Å². The standard InChI is InChI=1S/C20H24N4O2S/c1-4-15-6-5-7-16(12-15)18-13-21-19(27-18)22-20(26)23(3)17-8-10-24(11-9-17)14(2)25/h4-7,12-13,17H,1,8-11H2,2-3H3,(H,21,22,26). The third-order valence-electron chi connectivity index (χ3n) is 4.90. The van der Waals surface area contributed by atoms with Crippen LogP contribution in [0.4, 0.5) is 9.93 Å². The fourth-order valence-corrected chi connectivity index (χ4v) is 4.00. The average molecular weight is 385 g/mol. The number of nitrogens with one attached hydrogen (secondary N) is 1. The number of anilines is 1. The summed E-state index contributed by atoms with van der Waals surface area (Å²) in [4.78, 5) is 32.9. The lowest BCUT2D eigenvalue weighted by molar-refractivity contribution is -0.130. The molecule has 0 atom stereocenters. The summed E-state index contributed by atoms with van der Waals surface area (Å²) in [6.07, 6.45) is 5.16. The molecule has 2 heterocycles. The number of nitrogens with zero attached hydrogens (tertiary/aromatic N) is 3. The van der Waals surface area contributed by atoms with Crippen LogP contribution in [0.25, 0.3) is 16.5 Å². The molecule has 3 amide bonds. The molecule has 1 aromatic carbocycles. The summed E-state index contributed by atoms with van der Waals surface area (Å²) in [5.74, 6) is 0.0939. The number of urea groups is 1. The minimum Gasteiger partial charge on any atom is -0.343 e. The second kappa shape index (κ2) is 8.35. The quantitative estimate of drug-likeness (QED) is 0.869. The summed E-state index contributed by atoms with van der Waals surface area (Å²) in [5, 5.41) is 3.46. The average Bonchev–Trinajstić information content (AvgIpc) is 3.16. The van der Waals surface area contributed by atoms with Gasteiger partial charge < -0.3 is 9.80 Å². The minimum absolute atomic E-state index is 0.0939. The SMILES string of the molecule is C=Cc1cccc(-c2cnc(NC(=O)N(C)C3CCN(C(C)=O)CC3)s2)c1. The fourth-order valence-electron chi connectivity index (χ4n) is 3.20. The number of carbonyl (C=O) groups excluding carboxylic acids is 2. The van der Waals surface area contributed by atoms with Gasteiger partial charge in [-0.1, -0.05) is 42.2 Å². The van der Waals surface area contributed by atoms with Crippen molar-refractivity contribution in [3.63, 3.8) is 0 Å². The Morgan fingerprint density at radius 2 is 2.11 bits per heavy atom. The zero-order valence-corrected chi connectivity index (χ0v) is 16.5. The van der Waals surface area contributed by atoms with Gasteiger partial charge >= 0.3 is 6.03 Å². The smallest absolute Gasteiger partial charge is 0.323 e. The number of thiazole rings is 1. The minimum atomic E-state index is -0.169. The molecule has 142 valence electrons. The van der Waals surface area contributed by atoms with E-state index >= 15 is 0 Å². The number of aromatic nitrogens is 1. The summed E-state index contributed by atoms with van der Waals surface area (Å²) >= 11 is 1.44. The zero-order valence-electron chi connectivity index (χ0n) is 15.6. The first-order valence-electron chi connectivity index (χ1n) is 8.96. The molecule has 27 heavy (non-hydrogen) atoms. The van der Waals surface area contributed by atoms with E-state index in [0.29, 0.717) is 18.2 Å². The van der Waals surface area contributed by atoms with Crippen molar-refractivity contribution in [1.82, 2.24) is 14.8 Å². The molecule has 1 aromatic heterocycles. The summed E-state index contributed by atoms with van der Waals surface area (Å²) in [5.41, 5.74) is 2.10. The van der Waals surface area contributed by atoms with Gasteiger partial charge in [-0.15, -0.1) is 0 Å². The molecule has 6 nitrogen and oxygen atoms in total. The lowest BCUT2D eigenvalue weighted by Gasteiger charge is -2.36. The lowest BCUT2D eigenvalue weighted by atomic mass is 10.0. The van der Waals surface area contributed by atoms with E-state index in [0.717, 1.165) is 28.8 Å². The summed E-state index contributed by atoms with van der Waals surface area (Å²) < 4.78 is 0. The number of rotatable bonds is 4. The number of hydrogen-bond acceptors (Lipinski definition) is 4. The number of hydrogen-bond donors (Lipinski definition) is 1. The molecule has 1 aliphatic rings. The van der Waals surface area contributed by atoms with Gasteiger partial charge in [0, 0.05) is 39.3 Å². The van der Waals surface area contributed by atoms with Gasteiger partial charge in [-0.05, 0) is 30.0 Å². The Balaban J connectivity index is 1.60.